The summed E-state index contributed by atoms with van der Waals surface area (Å²) in [7, 11) is 0. The number of allylic oxidation sites excluding steroid dienone is 1. The van der Waals surface area contributed by atoms with Crippen LogP contribution in [0.4, 0.5) is 4.39 Å². The van der Waals surface area contributed by atoms with Gasteiger partial charge < -0.3 is 0 Å². The minimum Gasteiger partial charge on any atom is -0.295 e. The zero-order chi connectivity index (χ0) is 10.8. The molecule has 76 valence electrons. The van der Waals surface area contributed by atoms with E-state index in [2.05, 4.69) is 11.6 Å². The Kier molecular flexibility index (Phi) is 2.33. The van der Waals surface area contributed by atoms with E-state index in [0.29, 0.717) is 12.1 Å². The molecule has 0 saturated carbocycles. The summed E-state index contributed by atoms with van der Waals surface area (Å²) in [5.74, 6) is -0.539. The van der Waals surface area contributed by atoms with Crippen LogP contribution >= 0.6 is 0 Å². The molecule has 0 aliphatic heterocycles. The van der Waals surface area contributed by atoms with Gasteiger partial charge in [-0.3, -0.25) is 9.36 Å². The highest BCUT2D eigenvalue weighted by Crippen LogP contribution is 2.10. The Hall–Kier alpha value is -1.97. The van der Waals surface area contributed by atoms with E-state index in [9.17, 15) is 9.18 Å². The zero-order valence-electron chi connectivity index (χ0n) is 7.98. The highest BCUT2D eigenvalue weighted by atomic mass is 19.1. The average Bonchev–Trinajstić information content (AvgIpc) is 2.22. The molecule has 1 heterocycles. The minimum absolute atomic E-state index is 0.0295. The normalized spacial score (nSPS) is 10.5. The van der Waals surface area contributed by atoms with Gasteiger partial charge in [0.25, 0.3) is 5.56 Å². The van der Waals surface area contributed by atoms with E-state index >= 15 is 0 Å². The number of hydrogen-bond acceptors (Lipinski definition) is 2. The summed E-state index contributed by atoms with van der Waals surface area (Å²) in [6, 6.07) is 4.39. The van der Waals surface area contributed by atoms with E-state index < -0.39 is 5.82 Å². The molecule has 15 heavy (non-hydrogen) atoms. The number of rotatable bonds is 2. The Bertz CT molecular complexity index is 574. The summed E-state index contributed by atoms with van der Waals surface area (Å²) in [6.07, 6.45) is 2.96. The van der Waals surface area contributed by atoms with Crippen molar-refractivity contribution in [2.75, 3.05) is 0 Å². The fraction of sp³-hybridized carbons (Fsp3) is 0.0909. The quantitative estimate of drug-likeness (QED) is 0.698. The van der Waals surface area contributed by atoms with E-state index in [1.807, 2.05) is 0 Å². The van der Waals surface area contributed by atoms with E-state index in [1.165, 1.54) is 23.0 Å². The minimum atomic E-state index is -0.539. The first kappa shape index (κ1) is 9.58. The van der Waals surface area contributed by atoms with Gasteiger partial charge in [0.15, 0.2) is 0 Å². The van der Waals surface area contributed by atoms with Crippen molar-refractivity contribution in [2.45, 2.75) is 6.54 Å². The van der Waals surface area contributed by atoms with Crippen molar-refractivity contribution in [2.24, 2.45) is 0 Å². The SMILES string of the molecule is C=CCn1cnc2cccc(F)c2c1=O. The maximum Gasteiger partial charge on any atom is 0.264 e. The van der Waals surface area contributed by atoms with Crippen LogP contribution < -0.4 is 5.56 Å². The van der Waals surface area contributed by atoms with Crippen molar-refractivity contribution in [3.05, 3.63) is 53.4 Å². The number of halogens is 1. The van der Waals surface area contributed by atoms with Crippen LogP contribution in [0, 0.1) is 5.82 Å². The van der Waals surface area contributed by atoms with E-state index in [1.54, 1.807) is 12.1 Å². The molecule has 3 nitrogen and oxygen atoms in total. The topological polar surface area (TPSA) is 34.9 Å². The molecule has 1 aromatic heterocycles. The van der Waals surface area contributed by atoms with Gasteiger partial charge in [0, 0.05) is 6.54 Å². The van der Waals surface area contributed by atoms with Crippen LogP contribution in [0.25, 0.3) is 10.9 Å². The van der Waals surface area contributed by atoms with Gasteiger partial charge in [0.05, 0.1) is 11.8 Å². The molecule has 0 aliphatic rings. The van der Waals surface area contributed by atoms with Crippen LogP contribution in [0.1, 0.15) is 0 Å². The Morgan fingerprint density at radius 2 is 2.33 bits per heavy atom. The maximum atomic E-state index is 13.4. The van der Waals surface area contributed by atoms with E-state index in [4.69, 9.17) is 0 Å². The number of nitrogens with zero attached hydrogens (tertiary/aromatic N) is 2. The van der Waals surface area contributed by atoms with Gasteiger partial charge in [0.2, 0.25) is 0 Å². The van der Waals surface area contributed by atoms with Crippen LogP contribution in [0.5, 0.6) is 0 Å². The molecule has 0 bridgehead atoms. The summed E-state index contributed by atoms with van der Waals surface area (Å²) < 4.78 is 14.7. The summed E-state index contributed by atoms with van der Waals surface area (Å²) >= 11 is 0. The van der Waals surface area contributed by atoms with Crippen molar-refractivity contribution in [3.8, 4) is 0 Å². The van der Waals surface area contributed by atoms with Crippen LogP contribution in [0.15, 0.2) is 42.0 Å². The summed E-state index contributed by atoms with van der Waals surface area (Å²) in [5, 5.41) is 0.0295. The van der Waals surface area contributed by atoms with Crippen molar-refractivity contribution in [1.29, 1.82) is 0 Å². The molecule has 0 aliphatic carbocycles. The van der Waals surface area contributed by atoms with Crippen molar-refractivity contribution in [1.82, 2.24) is 9.55 Å². The van der Waals surface area contributed by atoms with Gasteiger partial charge in [-0.1, -0.05) is 12.1 Å². The molecule has 1 aromatic carbocycles. The Morgan fingerprint density at radius 3 is 3.07 bits per heavy atom. The molecule has 2 rings (SSSR count). The molecule has 0 N–H and O–H groups in total. The molecule has 0 saturated heterocycles. The largest absolute Gasteiger partial charge is 0.295 e. The fourth-order valence-electron chi connectivity index (χ4n) is 1.43. The molecular formula is C11H9FN2O. The third-order valence-corrected chi connectivity index (χ3v) is 2.13. The smallest absolute Gasteiger partial charge is 0.264 e. The van der Waals surface area contributed by atoms with Crippen LogP contribution in [-0.4, -0.2) is 9.55 Å². The van der Waals surface area contributed by atoms with Gasteiger partial charge in [-0.15, -0.1) is 6.58 Å². The molecule has 0 fully saturated rings. The third kappa shape index (κ3) is 1.54. The molecule has 0 atom stereocenters. The van der Waals surface area contributed by atoms with Crippen LogP contribution in [-0.2, 0) is 6.54 Å². The van der Waals surface area contributed by atoms with Gasteiger partial charge in [-0.2, -0.15) is 0 Å². The maximum absolute atomic E-state index is 13.4. The third-order valence-electron chi connectivity index (χ3n) is 2.13. The first-order valence-corrected chi connectivity index (χ1v) is 4.48. The lowest BCUT2D eigenvalue weighted by Crippen LogP contribution is -2.20. The molecule has 0 spiro atoms. The van der Waals surface area contributed by atoms with Gasteiger partial charge in [-0.25, -0.2) is 9.37 Å². The van der Waals surface area contributed by atoms with Gasteiger partial charge in [0.1, 0.15) is 11.2 Å². The molecule has 0 radical (unpaired) electrons. The second kappa shape index (κ2) is 3.65. The zero-order valence-corrected chi connectivity index (χ0v) is 7.98. The summed E-state index contributed by atoms with van der Waals surface area (Å²) in [4.78, 5) is 15.8. The van der Waals surface area contributed by atoms with Crippen molar-refractivity contribution in [3.63, 3.8) is 0 Å². The summed E-state index contributed by atoms with van der Waals surface area (Å²) in [6.45, 7) is 3.85. The number of hydrogen-bond donors (Lipinski definition) is 0. The Labute approximate surface area is 85.5 Å². The Morgan fingerprint density at radius 1 is 1.53 bits per heavy atom. The lowest BCUT2D eigenvalue weighted by Gasteiger charge is -2.03. The first-order chi connectivity index (χ1) is 7.24. The first-order valence-electron chi connectivity index (χ1n) is 4.48. The van der Waals surface area contributed by atoms with Crippen molar-refractivity contribution < 1.29 is 4.39 Å². The molecule has 2 aromatic rings. The number of aromatic nitrogens is 2. The molecule has 0 unspecified atom stereocenters. The van der Waals surface area contributed by atoms with Crippen LogP contribution in [0.3, 0.4) is 0 Å². The second-order valence-corrected chi connectivity index (χ2v) is 3.12. The number of fused-ring (bicyclic) bond motifs is 1. The predicted molar refractivity (Wildman–Crippen MR) is 56.2 cm³/mol. The van der Waals surface area contributed by atoms with E-state index in [0.717, 1.165) is 0 Å². The van der Waals surface area contributed by atoms with Gasteiger partial charge in [-0.05, 0) is 12.1 Å². The molecular weight excluding hydrogens is 195 g/mol. The predicted octanol–water partition coefficient (Wildman–Crippen LogP) is 1.72. The number of benzene rings is 1. The van der Waals surface area contributed by atoms with Crippen LogP contribution in [0.2, 0.25) is 0 Å². The lowest BCUT2D eigenvalue weighted by atomic mass is 10.2. The van der Waals surface area contributed by atoms with Gasteiger partial charge >= 0.3 is 0 Å². The summed E-state index contributed by atoms with van der Waals surface area (Å²) in [5.41, 5.74) is -0.00156. The van der Waals surface area contributed by atoms with E-state index in [-0.39, 0.29) is 10.9 Å². The molecule has 0 amide bonds. The van der Waals surface area contributed by atoms with Crippen molar-refractivity contribution >= 4 is 10.9 Å². The lowest BCUT2D eigenvalue weighted by molar-refractivity contribution is 0.634. The fourth-order valence-corrected chi connectivity index (χ4v) is 1.43. The monoisotopic (exact) mass is 204 g/mol. The average molecular weight is 204 g/mol. The standard InChI is InChI=1S/C11H9FN2O/c1-2-6-14-7-13-9-5-3-4-8(12)10(9)11(14)15/h2-5,7H,1,6H2. The highest BCUT2D eigenvalue weighted by molar-refractivity contribution is 5.77. The molecule has 4 heteroatoms. The highest BCUT2D eigenvalue weighted by Gasteiger charge is 2.07. The Balaban J connectivity index is 2.83. The second-order valence-electron chi connectivity index (χ2n) is 3.12.